The second-order valence-corrected chi connectivity index (χ2v) is 7.53. The van der Waals surface area contributed by atoms with Crippen LogP contribution < -0.4 is 10.1 Å². The van der Waals surface area contributed by atoms with E-state index in [4.69, 9.17) is 27.9 Å². The molecule has 0 saturated heterocycles. The summed E-state index contributed by atoms with van der Waals surface area (Å²) in [5, 5.41) is 12.8. The molecule has 1 N–H and O–H groups in total. The van der Waals surface area contributed by atoms with E-state index < -0.39 is 5.91 Å². The van der Waals surface area contributed by atoms with Crippen LogP contribution in [0.4, 0.5) is 5.69 Å². The molecule has 0 bridgehead atoms. The Bertz CT molecular complexity index is 892. The number of unbranched alkanes of at least 4 members (excludes halogenated alkanes) is 3. The Morgan fingerprint density at radius 3 is 2.38 bits per heavy atom. The zero-order chi connectivity index (χ0) is 21.2. The maximum atomic E-state index is 12.4. The second kappa shape index (κ2) is 11.5. The first-order valence-corrected chi connectivity index (χ1v) is 10.3. The van der Waals surface area contributed by atoms with Crippen molar-refractivity contribution >= 4 is 40.9 Å². The molecule has 0 spiro atoms. The first kappa shape index (κ1) is 22.8. The Balaban J connectivity index is 2.11. The Morgan fingerprint density at radius 2 is 1.79 bits per heavy atom. The van der Waals surface area contributed by atoms with Gasteiger partial charge in [-0.25, -0.2) is 0 Å². The Hall–Kier alpha value is -2.48. The van der Waals surface area contributed by atoms with Gasteiger partial charge < -0.3 is 10.1 Å². The van der Waals surface area contributed by atoms with Gasteiger partial charge in [-0.2, -0.15) is 5.26 Å². The average Bonchev–Trinajstić information content (AvgIpc) is 2.69. The maximum absolute atomic E-state index is 12.4. The quantitative estimate of drug-likeness (QED) is 0.270. The highest BCUT2D eigenvalue weighted by molar-refractivity contribution is 6.37. The summed E-state index contributed by atoms with van der Waals surface area (Å²) in [6.07, 6.45) is 5.79. The lowest BCUT2D eigenvalue weighted by Gasteiger charge is -2.11. The fourth-order valence-corrected chi connectivity index (χ4v) is 3.27. The van der Waals surface area contributed by atoms with E-state index in [1.54, 1.807) is 24.3 Å². The Labute approximate surface area is 182 Å². The molecule has 0 aliphatic heterocycles. The normalized spacial score (nSPS) is 11.1. The van der Waals surface area contributed by atoms with E-state index >= 15 is 0 Å². The van der Waals surface area contributed by atoms with Gasteiger partial charge in [-0.3, -0.25) is 4.79 Å². The van der Waals surface area contributed by atoms with Crippen LogP contribution in [0.15, 0.2) is 42.0 Å². The number of nitrogens with zero attached hydrogens (tertiary/aromatic N) is 1. The van der Waals surface area contributed by atoms with Crippen LogP contribution in [0.1, 0.15) is 43.7 Å². The van der Waals surface area contributed by atoms with Gasteiger partial charge in [-0.1, -0.05) is 67.1 Å². The summed E-state index contributed by atoms with van der Waals surface area (Å²) in [7, 11) is 0. The Morgan fingerprint density at radius 1 is 1.14 bits per heavy atom. The zero-order valence-electron chi connectivity index (χ0n) is 16.6. The van der Waals surface area contributed by atoms with Crippen LogP contribution in [-0.2, 0) is 4.79 Å². The van der Waals surface area contributed by atoms with Gasteiger partial charge in [0.2, 0.25) is 0 Å². The lowest BCUT2D eigenvalue weighted by atomic mass is 10.1. The summed E-state index contributed by atoms with van der Waals surface area (Å²) < 4.78 is 5.71. The third-order valence-corrected chi connectivity index (χ3v) is 4.81. The number of anilines is 1. The summed E-state index contributed by atoms with van der Waals surface area (Å²) in [6.45, 7) is 4.65. The highest BCUT2D eigenvalue weighted by Gasteiger charge is 2.13. The van der Waals surface area contributed by atoms with Gasteiger partial charge in [0, 0.05) is 5.69 Å². The molecule has 2 rings (SSSR count). The minimum absolute atomic E-state index is 0.0501. The van der Waals surface area contributed by atoms with Gasteiger partial charge in [0.1, 0.15) is 11.6 Å². The van der Waals surface area contributed by atoms with Crippen molar-refractivity contribution in [2.24, 2.45) is 0 Å². The van der Waals surface area contributed by atoms with E-state index in [0.29, 0.717) is 33.7 Å². The topological polar surface area (TPSA) is 62.1 Å². The summed E-state index contributed by atoms with van der Waals surface area (Å²) in [4.78, 5) is 12.4. The Kier molecular flexibility index (Phi) is 9.05. The molecule has 0 aliphatic carbocycles. The molecular formula is C23H24Cl2N2O2. The van der Waals surface area contributed by atoms with Gasteiger partial charge >= 0.3 is 0 Å². The highest BCUT2D eigenvalue weighted by Crippen LogP contribution is 2.35. The van der Waals surface area contributed by atoms with Crippen molar-refractivity contribution in [2.75, 3.05) is 11.9 Å². The van der Waals surface area contributed by atoms with Crippen molar-refractivity contribution < 1.29 is 9.53 Å². The predicted molar refractivity (Wildman–Crippen MR) is 119 cm³/mol. The number of aryl methyl sites for hydroxylation is 1. The van der Waals surface area contributed by atoms with Crippen LogP contribution in [-0.4, -0.2) is 12.5 Å². The monoisotopic (exact) mass is 430 g/mol. The van der Waals surface area contributed by atoms with Gasteiger partial charge in [0.05, 0.1) is 16.7 Å². The average molecular weight is 431 g/mol. The molecule has 29 heavy (non-hydrogen) atoms. The van der Waals surface area contributed by atoms with Crippen LogP contribution in [0.3, 0.4) is 0 Å². The van der Waals surface area contributed by atoms with Crippen LogP contribution in [0.25, 0.3) is 6.08 Å². The minimum atomic E-state index is -0.500. The number of amides is 1. The molecule has 0 fully saturated rings. The fourth-order valence-electron chi connectivity index (χ4n) is 2.65. The molecule has 0 saturated carbocycles. The third kappa shape index (κ3) is 7.12. The number of benzene rings is 2. The van der Waals surface area contributed by atoms with E-state index in [1.165, 1.54) is 6.08 Å². The summed E-state index contributed by atoms with van der Waals surface area (Å²) >= 11 is 12.6. The van der Waals surface area contributed by atoms with Crippen molar-refractivity contribution in [1.82, 2.24) is 0 Å². The molecule has 2 aromatic rings. The van der Waals surface area contributed by atoms with E-state index in [2.05, 4.69) is 12.2 Å². The molecule has 0 radical (unpaired) electrons. The lowest BCUT2D eigenvalue weighted by molar-refractivity contribution is -0.112. The number of hydrogen-bond acceptors (Lipinski definition) is 3. The highest BCUT2D eigenvalue weighted by atomic mass is 35.5. The van der Waals surface area contributed by atoms with Crippen molar-refractivity contribution in [2.45, 2.75) is 39.5 Å². The van der Waals surface area contributed by atoms with Crippen LogP contribution in [0.2, 0.25) is 10.0 Å². The largest absolute Gasteiger partial charge is 0.490 e. The van der Waals surface area contributed by atoms with Crippen molar-refractivity contribution in [3.05, 3.63) is 63.1 Å². The maximum Gasteiger partial charge on any atom is 0.266 e. The van der Waals surface area contributed by atoms with Crippen LogP contribution in [0, 0.1) is 18.3 Å². The second-order valence-electron chi connectivity index (χ2n) is 6.71. The number of ether oxygens (including phenoxy) is 1. The number of nitrogens with one attached hydrogen (secondary N) is 1. The van der Waals surface area contributed by atoms with Crippen molar-refractivity contribution in [1.29, 1.82) is 5.26 Å². The first-order chi connectivity index (χ1) is 13.9. The number of carbonyl (C=O) groups excluding carboxylic acids is 1. The van der Waals surface area contributed by atoms with Gasteiger partial charge in [-0.15, -0.1) is 0 Å². The van der Waals surface area contributed by atoms with Crippen LogP contribution in [0.5, 0.6) is 5.75 Å². The first-order valence-electron chi connectivity index (χ1n) is 9.56. The van der Waals surface area contributed by atoms with Gasteiger partial charge in [-0.05, 0) is 49.2 Å². The predicted octanol–water partition coefficient (Wildman–Crippen LogP) is 6.81. The van der Waals surface area contributed by atoms with E-state index in [0.717, 1.165) is 31.2 Å². The summed E-state index contributed by atoms with van der Waals surface area (Å²) in [5.74, 6) is -0.0792. The molecule has 2 aromatic carbocycles. The standard InChI is InChI=1S/C23H24Cl2N2O2/c1-3-4-5-6-11-29-22-20(24)13-17(14-21(22)25)12-18(15-26)23(28)27-19-9-7-16(2)8-10-19/h7-10,12-14H,3-6,11H2,1-2H3,(H,27,28)/b18-12-. The third-order valence-electron chi connectivity index (χ3n) is 4.25. The number of carbonyl (C=O) groups is 1. The lowest BCUT2D eigenvalue weighted by Crippen LogP contribution is -2.13. The van der Waals surface area contributed by atoms with E-state index in [1.807, 2.05) is 25.1 Å². The summed E-state index contributed by atoms with van der Waals surface area (Å²) in [6, 6.07) is 12.5. The number of hydrogen-bond donors (Lipinski definition) is 1. The molecule has 6 heteroatoms. The van der Waals surface area contributed by atoms with Crippen LogP contribution >= 0.6 is 23.2 Å². The molecular weight excluding hydrogens is 407 g/mol. The molecule has 0 atom stereocenters. The molecule has 152 valence electrons. The van der Waals surface area contributed by atoms with E-state index in [-0.39, 0.29) is 5.57 Å². The SMILES string of the molecule is CCCCCCOc1c(Cl)cc(/C=C(/C#N)C(=O)Nc2ccc(C)cc2)cc1Cl. The number of halogens is 2. The molecule has 0 aromatic heterocycles. The fraction of sp³-hybridized carbons (Fsp3) is 0.304. The molecule has 0 unspecified atom stereocenters. The molecule has 0 heterocycles. The summed E-state index contributed by atoms with van der Waals surface area (Å²) in [5.41, 5.74) is 2.19. The smallest absolute Gasteiger partial charge is 0.266 e. The van der Waals surface area contributed by atoms with Crippen molar-refractivity contribution in [3.63, 3.8) is 0 Å². The number of nitriles is 1. The van der Waals surface area contributed by atoms with Gasteiger partial charge in [0.15, 0.2) is 5.75 Å². The minimum Gasteiger partial charge on any atom is -0.490 e. The van der Waals surface area contributed by atoms with Crippen molar-refractivity contribution in [3.8, 4) is 11.8 Å². The van der Waals surface area contributed by atoms with E-state index in [9.17, 15) is 10.1 Å². The molecule has 0 aliphatic rings. The van der Waals surface area contributed by atoms with Gasteiger partial charge in [0.25, 0.3) is 5.91 Å². The molecule has 1 amide bonds. The zero-order valence-corrected chi connectivity index (χ0v) is 18.1. The molecule has 4 nitrogen and oxygen atoms in total. The number of rotatable bonds is 9.